The molecule has 0 radical (unpaired) electrons. The molecule has 0 saturated carbocycles. The molecule has 0 aliphatic rings. The Kier molecular flexibility index (Phi) is 3.40. The van der Waals surface area contributed by atoms with Crippen LogP contribution >= 0.6 is 0 Å². The minimum absolute atomic E-state index is 0.198. The van der Waals surface area contributed by atoms with Crippen molar-refractivity contribution in [2.24, 2.45) is 0 Å². The van der Waals surface area contributed by atoms with Gasteiger partial charge < -0.3 is 5.32 Å². The Morgan fingerprint density at radius 1 is 1.29 bits per heavy atom. The maximum Gasteiger partial charge on any atom is 0.273 e. The van der Waals surface area contributed by atoms with E-state index in [1.165, 1.54) is 18.3 Å². The summed E-state index contributed by atoms with van der Waals surface area (Å²) in [6.45, 7) is 0.294. The van der Waals surface area contributed by atoms with Gasteiger partial charge in [-0.15, -0.1) is 0 Å². The standard InChI is InChI=1S/C12H10FN3O/c13-10-4-2-6-15-11(10)12(17)16-8-9-3-1-5-14-7-9/h1-7H,8H2,(H,16,17). The number of amides is 1. The average Bonchev–Trinajstić information content (AvgIpc) is 2.38. The lowest BCUT2D eigenvalue weighted by Crippen LogP contribution is -2.24. The van der Waals surface area contributed by atoms with Crippen LogP contribution in [0.15, 0.2) is 42.9 Å². The molecule has 0 spiro atoms. The summed E-state index contributed by atoms with van der Waals surface area (Å²) in [4.78, 5) is 19.2. The number of carbonyl (C=O) groups excluding carboxylic acids is 1. The molecular weight excluding hydrogens is 221 g/mol. The molecule has 0 bridgehead atoms. The van der Waals surface area contributed by atoms with Crippen LogP contribution in [0.2, 0.25) is 0 Å². The van der Waals surface area contributed by atoms with Gasteiger partial charge in [-0.25, -0.2) is 9.37 Å². The highest BCUT2D eigenvalue weighted by Crippen LogP contribution is 2.03. The maximum absolute atomic E-state index is 13.2. The van der Waals surface area contributed by atoms with E-state index in [4.69, 9.17) is 0 Å². The van der Waals surface area contributed by atoms with Crippen molar-refractivity contribution in [3.05, 3.63) is 59.9 Å². The summed E-state index contributed by atoms with van der Waals surface area (Å²) in [5.74, 6) is -1.16. The van der Waals surface area contributed by atoms with Gasteiger partial charge in [0.2, 0.25) is 0 Å². The molecule has 2 rings (SSSR count). The molecule has 17 heavy (non-hydrogen) atoms. The maximum atomic E-state index is 13.2. The SMILES string of the molecule is O=C(NCc1cccnc1)c1ncccc1F. The van der Waals surface area contributed by atoms with Crippen molar-refractivity contribution < 1.29 is 9.18 Å². The van der Waals surface area contributed by atoms with E-state index < -0.39 is 11.7 Å². The summed E-state index contributed by atoms with van der Waals surface area (Å²) in [6, 6.07) is 6.23. The Labute approximate surface area is 97.5 Å². The second kappa shape index (κ2) is 5.16. The first-order chi connectivity index (χ1) is 8.27. The summed E-state index contributed by atoms with van der Waals surface area (Å²) >= 11 is 0. The molecular formula is C12H10FN3O. The number of nitrogens with one attached hydrogen (secondary N) is 1. The van der Waals surface area contributed by atoms with Gasteiger partial charge in [-0.2, -0.15) is 0 Å². The van der Waals surface area contributed by atoms with E-state index in [0.29, 0.717) is 6.54 Å². The molecule has 0 aliphatic carbocycles. The Morgan fingerprint density at radius 3 is 2.82 bits per heavy atom. The third-order valence-electron chi connectivity index (χ3n) is 2.15. The van der Waals surface area contributed by atoms with Crippen LogP contribution in [0.1, 0.15) is 16.1 Å². The van der Waals surface area contributed by atoms with E-state index in [1.54, 1.807) is 18.5 Å². The minimum atomic E-state index is -0.629. The normalized spacial score (nSPS) is 9.94. The van der Waals surface area contributed by atoms with Crippen LogP contribution in [0.25, 0.3) is 0 Å². The molecule has 0 aliphatic heterocycles. The lowest BCUT2D eigenvalue weighted by molar-refractivity contribution is 0.0941. The van der Waals surface area contributed by atoms with Crippen molar-refractivity contribution in [1.29, 1.82) is 0 Å². The van der Waals surface area contributed by atoms with Gasteiger partial charge in [-0.1, -0.05) is 6.07 Å². The van der Waals surface area contributed by atoms with Crippen molar-refractivity contribution >= 4 is 5.91 Å². The first kappa shape index (κ1) is 11.2. The predicted octanol–water partition coefficient (Wildman–Crippen LogP) is 1.55. The van der Waals surface area contributed by atoms with Crippen LogP contribution < -0.4 is 5.32 Å². The molecule has 4 nitrogen and oxygen atoms in total. The van der Waals surface area contributed by atoms with Gasteiger partial charge in [-0.3, -0.25) is 9.78 Å². The molecule has 2 aromatic rings. The van der Waals surface area contributed by atoms with Crippen LogP contribution in [-0.4, -0.2) is 15.9 Å². The highest BCUT2D eigenvalue weighted by atomic mass is 19.1. The van der Waals surface area contributed by atoms with Gasteiger partial charge in [-0.05, 0) is 23.8 Å². The molecule has 0 atom stereocenters. The Balaban J connectivity index is 2.01. The smallest absolute Gasteiger partial charge is 0.273 e. The monoisotopic (exact) mass is 231 g/mol. The Bertz CT molecular complexity index is 516. The fourth-order valence-corrected chi connectivity index (χ4v) is 1.32. The van der Waals surface area contributed by atoms with E-state index >= 15 is 0 Å². The summed E-state index contributed by atoms with van der Waals surface area (Å²) in [6.07, 6.45) is 4.65. The van der Waals surface area contributed by atoms with Gasteiger partial charge in [0, 0.05) is 25.1 Å². The van der Waals surface area contributed by atoms with Gasteiger partial charge >= 0.3 is 0 Å². The lowest BCUT2D eigenvalue weighted by atomic mass is 10.2. The highest BCUT2D eigenvalue weighted by molar-refractivity contribution is 5.92. The molecule has 2 heterocycles. The summed E-state index contributed by atoms with van der Waals surface area (Å²) < 4.78 is 13.2. The third kappa shape index (κ3) is 2.84. The van der Waals surface area contributed by atoms with E-state index in [1.807, 2.05) is 6.07 Å². The third-order valence-corrected chi connectivity index (χ3v) is 2.15. The van der Waals surface area contributed by atoms with Crippen molar-refractivity contribution in [3.63, 3.8) is 0 Å². The summed E-state index contributed by atoms with van der Waals surface area (Å²) in [5, 5.41) is 2.57. The van der Waals surface area contributed by atoms with Gasteiger partial charge in [0.05, 0.1) is 0 Å². The van der Waals surface area contributed by atoms with E-state index in [9.17, 15) is 9.18 Å². The van der Waals surface area contributed by atoms with Crippen LogP contribution in [0, 0.1) is 5.82 Å². The van der Waals surface area contributed by atoms with Gasteiger partial charge in [0.25, 0.3) is 5.91 Å². The number of pyridine rings is 2. The van der Waals surface area contributed by atoms with Crippen LogP contribution in [0.5, 0.6) is 0 Å². The summed E-state index contributed by atoms with van der Waals surface area (Å²) in [7, 11) is 0. The second-order valence-corrected chi connectivity index (χ2v) is 3.38. The number of hydrogen-bond acceptors (Lipinski definition) is 3. The van der Waals surface area contributed by atoms with Crippen molar-refractivity contribution in [2.75, 3.05) is 0 Å². The van der Waals surface area contributed by atoms with Crippen LogP contribution in [-0.2, 0) is 6.54 Å². The first-order valence-electron chi connectivity index (χ1n) is 5.05. The molecule has 86 valence electrons. The molecule has 1 N–H and O–H groups in total. The van der Waals surface area contributed by atoms with Crippen molar-refractivity contribution in [1.82, 2.24) is 15.3 Å². The molecule has 5 heteroatoms. The number of hydrogen-bond donors (Lipinski definition) is 1. The molecule has 0 fully saturated rings. The fraction of sp³-hybridized carbons (Fsp3) is 0.0833. The number of nitrogens with zero attached hydrogens (tertiary/aromatic N) is 2. The minimum Gasteiger partial charge on any atom is -0.346 e. The van der Waals surface area contributed by atoms with Gasteiger partial charge in [0.15, 0.2) is 11.5 Å². The topological polar surface area (TPSA) is 54.9 Å². The van der Waals surface area contributed by atoms with E-state index in [2.05, 4.69) is 15.3 Å². The van der Waals surface area contributed by atoms with E-state index in [0.717, 1.165) is 5.56 Å². The zero-order chi connectivity index (χ0) is 12.1. The molecule has 2 aromatic heterocycles. The fourth-order valence-electron chi connectivity index (χ4n) is 1.32. The van der Waals surface area contributed by atoms with E-state index in [-0.39, 0.29) is 5.69 Å². The number of carbonyl (C=O) groups is 1. The lowest BCUT2D eigenvalue weighted by Gasteiger charge is -2.04. The highest BCUT2D eigenvalue weighted by Gasteiger charge is 2.11. The quantitative estimate of drug-likeness (QED) is 0.871. The predicted molar refractivity (Wildman–Crippen MR) is 59.6 cm³/mol. The number of halogens is 1. The Hall–Kier alpha value is -2.30. The van der Waals surface area contributed by atoms with Crippen LogP contribution in [0.4, 0.5) is 4.39 Å². The zero-order valence-electron chi connectivity index (χ0n) is 8.93. The molecule has 0 saturated heterocycles. The zero-order valence-corrected chi connectivity index (χ0v) is 8.93. The Morgan fingerprint density at radius 2 is 2.12 bits per heavy atom. The molecule has 0 unspecified atom stereocenters. The molecule has 1 amide bonds. The summed E-state index contributed by atoms with van der Waals surface area (Å²) in [5.41, 5.74) is 0.647. The largest absolute Gasteiger partial charge is 0.346 e. The number of aromatic nitrogens is 2. The molecule has 0 aromatic carbocycles. The van der Waals surface area contributed by atoms with Crippen LogP contribution in [0.3, 0.4) is 0 Å². The first-order valence-corrected chi connectivity index (χ1v) is 5.05. The van der Waals surface area contributed by atoms with Gasteiger partial charge in [0.1, 0.15) is 0 Å². The van der Waals surface area contributed by atoms with Crippen molar-refractivity contribution in [3.8, 4) is 0 Å². The average molecular weight is 231 g/mol. The van der Waals surface area contributed by atoms with Crippen molar-refractivity contribution in [2.45, 2.75) is 6.54 Å². The number of rotatable bonds is 3. The second-order valence-electron chi connectivity index (χ2n) is 3.38.